The van der Waals surface area contributed by atoms with Gasteiger partial charge >= 0.3 is 7.82 Å². The molecule has 71 heavy (non-hydrogen) atoms. The number of rotatable bonds is 57. The van der Waals surface area contributed by atoms with Crippen LogP contribution in [0.1, 0.15) is 303 Å². The van der Waals surface area contributed by atoms with Gasteiger partial charge in [0.15, 0.2) is 0 Å². The van der Waals surface area contributed by atoms with Crippen molar-refractivity contribution in [1.29, 1.82) is 0 Å². The van der Waals surface area contributed by atoms with Crippen LogP contribution in [0.4, 0.5) is 0 Å². The minimum atomic E-state index is -4.32. The molecule has 0 saturated carbocycles. The lowest BCUT2D eigenvalue weighted by atomic mass is 10.0. The van der Waals surface area contributed by atoms with E-state index in [9.17, 15) is 19.4 Å². The molecule has 3 unspecified atom stereocenters. The average Bonchev–Trinajstić information content (AvgIpc) is 3.33. The van der Waals surface area contributed by atoms with Crippen LogP contribution in [0.5, 0.6) is 0 Å². The molecule has 0 saturated heterocycles. The normalized spacial score (nSPS) is 14.1. The first-order chi connectivity index (χ1) is 34.5. The summed E-state index contributed by atoms with van der Waals surface area (Å²) < 4.78 is 23.8. The van der Waals surface area contributed by atoms with Gasteiger partial charge in [-0.15, -0.1) is 0 Å². The van der Waals surface area contributed by atoms with Crippen molar-refractivity contribution < 1.29 is 32.9 Å². The standard InChI is InChI=1S/C62H121N2O6P/c1-6-8-10-12-14-16-18-20-22-23-24-25-26-27-28-29-30-31-32-33-34-35-36-37-38-39-40-41-42-44-46-48-50-52-54-56-62(66)63-60(59-70-71(67,68)69-58-57-64(3,4)5)61(65)55-53-51-49-47-45-43-21-19-17-15-13-11-9-7-2/h18,20,23-24,26-27,60-61,65H,6-17,19,21-22,25,28-59H2,1-5H3,(H-,63,66,67,68)/p+1/b20-18-,24-23-,27-26-. The predicted octanol–water partition coefficient (Wildman–Crippen LogP) is 18.9. The molecule has 0 rings (SSSR count). The van der Waals surface area contributed by atoms with Crippen LogP contribution in [0.15, 0.2) is 36.5 Å². The maximum absolute atomic E-state index is 13.0. The van der Waals surface area contributed by atoms with E-state index in [1.54, 1.807) is 0 Å². The number of likely N-dealkylation sites (N-methyl/N-ethyl adjacent to an activating group) is 1. The number of unbranched alkanes of at least 4 members (excludes halogenated alkanes) is 38. The SMILES string of the molecule is CCCCCCC/C=C\C/C=C\C/C=C\CCCCCCCCCCCCCCCCCCCCCCC(=O)NC(COP(=O)(O)OCC[N+](C)(C)C)C(O)CCCCCCCCCCCCCCCC. The van der Waals surface area contributed by atoms with E-state index in [0.29, 0.717) is 23.9 Å². The molecule has 0 spiro atoms. The molecule has 1 amide bonds. The summed E-state index contributed by atoms with van der Waals surface area (Å²) in [6.07, 6.45) is 69.4. The van der Waals surface area contributed by atoms with Crippen LogP contribution in [0.3, 0.4) is 0 Å². The Morgan fingerprint density at radius 1 is 0.479 bits per heavy atom. The summed E-state index contributed by atoms with van der Waals surface area (Å²) in [5, 5.41) is 14.1. The highest BCUT2D eigenvalue weighted by atomic mass is 31.2. The molecule has 0 aliphatic rings. The number of nitrogens with zero attached hydrogens (tertiary/aromatic N) is 1. The van der Waals surface area contributed by atoms with Crippen LogP contribution in [0, 0.1) is 0 Å². The van der Waals surface area contributed by atoms with Crippen LogP contribution in [-0.2, 0) is 18.4 Å². The zero-order valence-corrected chi connectivity index (χ0v) is 48.9. The van der Waals surface area contributed by atoms with Gasteiger partial charge in [-0.3, -0.25) is 13.8 Å². The molecule has 0 aliphatic heterocycles. The molecule has 0 heterocycles. The van der Waals surface area contributed by atoms with Gasteiger partial charge < -0.3 is 19.8 Å². The number of quaternary nitrogens is 1. The molecule has 3 atom stereocenters. The minimum Gasteiger partial charge on any atom is -0.391 e. The molecule has 9 heteroatoms. The van der Waals surface area contributed by atoms with Gasteiger partial charge in [-0.2, -0.15) is 0 Å². The molecule has 0 fully saturated rings. The van der Waals surface area contributed by atoms with Gasteiger partial charge in [0.05, 0.1) is 39.9 Å². The van der Waals surface area contributed by atoms with Crippen LogP contribution in [-0.4, -0.2) is 73.4 Å². The molecular formula is C62H122N2O6P+. The van der Waals surface area contributed by atoms with Gasteiger partial charge in [0.25, 0.3) is 0 Å². The molecule has 420 valence electrons. The zero-order valence-electron chi connectivity index (χ0n) is 48.0. The fourth-order valence-corrected chi connectivity index (χ4v) is 10.0. The first-order valence-electron chi connectivity index (χ1n) is 30.9. The van der Waals surface area contributed by atoms with E-state index in [1.807, 2.05) is 21.1 Å². The number of aliphatic hydroxyl groups is 1. The molecule has 3 N–H and O–H groups in total. The largest absolute Gasteiger partial charge is 0.472 e. The molecule has 0 aromatic rings. The quantitative estimate of drug-likeness (QED) is 0.0243. The monoisotopic (exact) mass is 1020 g/mol. The summed E-state index contributed by atoms with van der Waals surface area (Å²) in [6.45, 7) is 4.91. The summed E-state index contributed by atoms with van der Waals surface area (Å²) in [5.41, 5.74) is 0. The van der Waals surface area contributed by atoms with Crippen molar-refractivity contribution in [2.24, 2.45) is 0 Å². The van der Waals surface area contributed by atoms with Crippen molar-refractivity contribution in [3.63, 3.8) is 0 Å². The third-order valence-corrected chi connectivity index (χ3v) is 15.1. The van der Waals surface area contributed by atoms with E-state index < -0.39 is 20.0 Å². The second-order valence-electron chi connectivity index (χ2n) is 22.4. The Morgan fingerprint density at radius 3 is 1.17 bits per heavy atom. The third-order valence-electron chi connectivity index (χ3n) is 14.1. The highest BCUT2D eigenvalue weighted by molar-refractivity contribution is 7.47. The van der Waals surface area contributed by atoms with E-state index in [4.69, 9.17) is 9.05 Å². The fourth-order valence-electron chi connectivity index (χ4n) is 9.29. The third kappa shape index (κ3) is 56.3. The molecule has 0 radical (unpaired) electrons. The number of phosphoric acid groups is 1. The van der Waals surface area contributed by atoms with Gasteiger partial charge in [-0.05, 0) is 51.4 Å². The lowest BCUT2D eigenvalue weighted by molar-refractivity contribution is -0.870. The second kappa shape index (κ2) is 53.5. The Labute approximate surface area is 442 Å². The molecule has 0 aromatic heterocycles. The number of hydrogen-bond acceptors (Lipinski definition) is 5. The number of hydrogen-bond donors (Lipinski definition) is 3. The number of carbonyl (C=O) groups excluding carboxylic acids is 1. The Kier molecular flexibility index (Phi) is 52.6. The van der Waals surface area contributed by atoms with Gasteiger partial charge in [0, 0.05) is 6.42 Å². The molecule has 8 nitrogen and oxygen atoms in total. The number of aliphatic hydroxyl groups excluding tert-OH is 1. The summed E-state index contributed by atoms with van der Waals surface area (Å²) in [4.78, 5) is 23.3. The van der Waals surface area contributed by atoms with E-state index in [2.05, 4.69) is 55.6 Å². The van der Waals surface area contributed by atoms with Gasteiger partial charge in [0.2, 0.25) is 5.91 Å². The maximum Gasteiger partial charge on any atom is 0.472 e. The van der Waals surface area contributed by atoms with Crippen molar-refractivity contribution in [2.45, 2.75) is 315 Å². The number of nitrogens with one attached hydrogen (secondary N) is 1. The van der Waals surface area contributed by atoms with E-state index in [-0.39, 0.29) is 19.1 Å². The second-order valence-corrected chi connectivity index (χ2v) is 23.9. The van der Waals surface area contributed by atoms with E-state index in [0.717, 1.165) is 51.4 Å². The lowest BCUT2D eigenvalue weighted by Crippen LogP contribution is -2.46. The van der Waals surface area contributed by atoms with Crippen molar-refractivity contribution >= 4 is 13.7 Å². The Morgan fingerprint density at radius 2 is 0.803 bits per heavy atom. The summed E-state index contributed by atoms with van der Waals surface area (Å²) in [7, 11) is 1.63. The van der Waals surface area contributed by atoms with Crippen molar-refractivity contribution in [3.05, 3.63) is 36.5 Å². The maximum atomic E-state index is 13.0. The smallest absolute Gasteiger partial charge is 0.391 e. The highest BCUT2D eigenvalue weighted by Gasteiger charge is 2.28. The summed E-state index contributed by atoms with van der Waals surface area (Å²) in [6, 6.07) is -0.758. The van der Waals surface area contributed by atoms with Crippen LogP contribution < -0.4 is 5.32 Å². The van der Waals surface area contributed by atoms with Crippen LogP contribution in [0.2, 0.25) is 0 Å². The Bertz CT molecular complexity index is 1250. The van der Waals surface area contributed by atoms with E-state index >= 15 is 0 Å². The number of carbonyl (C=O) groups is 1. The average molecular weight is 1020 g/mol. The molecule has 0 aromatic carbocycles. The van der Waals surface area contributed by atoms with E-state index in [1.165, 1.54) is 225 Å². The first kappa shape index (κ1) is 69.7. The summed E-state index contributed by atoms with van der Waals surface area (Å²) in [5.74, 6) is -0.140. The predicted molar refractivity (Wildman–Crippen MR) is 309 cm³/mol. The van der Waals surface area contributed by atoms with Crippen molar-refractivity contribution in [1.82, 2.24) is 5.32 Å². The number of allylic oxidation sites excluding steroid dienone is 6. The zero-order chi connectivity index (χ0) is 52.0. The van der Waals surface area contributed by atoms with Crippen LogP contribution in [0.25, 0.3) is 0 Å². The first-order valence-corrected chi connectivity index (χ1v) is 32.3. The van der Waals surface area contributed by atoms with Gasteiger partial charge in [-0.1, -0.05) is 281 Å². The topological polar surface area (TPSA) is 105 Å². The molecular weight excluding hydrogens is 900 g/mol. The lowest BCUT2D eigenvalue weighted by Gasteiger charge is -2.26. The van der Waals surface area contributed by atoms with Crippen molar-refractivity contribution in [3.8, 4) is 0 Å². The molecule has 0 aliphatic carbocycles. The fraction of sp³-hybridized carbons (Fsp3) is 0.887. The minimum absolute atomic E-state index is 0.0765. The Balaban J connectivity index is 3.94. The summed E-state index contributed by atoms with van der Waals surface area (Å²) >= 11 is 0. The van der Waals surface area contributed by atoms with Gasteiger partial charge in [-0.25, -0.2) is 4.57 Å². The number of phosphoric ester groups is 1. The highest BCUT2D eigenvalue weighted by Crippen LogP contribution is 2.43. The Hall–Kier alpha value is -1.28. The van der Waals surface area contributed by atoms with Crippen molar-refractivity contribution in [2.75, 3.05) is 40.9 Å². The molecule has 0 bridgehead atoms. The van der Waals surface area contributed by atoms with Gasteiger partial charge in [0.1, 0.15) is 13.2 Å². The van der Waals surface area contributed by atoms with Crippen LogP contribution >= 0.6 is 7.82 Å². The number of amides is 1.